The highest BCUT2D eigenvalue weighted by Gasteiger charge is 2.14. The second-order valence-corrected chi connectivity index (χ2v) is 6.67. The van der Waals surface area contributed by atoms with Crippen LogP contribution in [-0.2, 0) is 0 Å². The molecule has 3 aromatic heterocycles. The van der Waals surface area contributed by atoms with Crippen LogP contribution < -0.4 is 11.1 Å². The van der Waals surface area contributed by atoms with Crippen molar-refractivity contribution >= 4 is 22.4 Å². The lowest BCUT2D eigenvalue weighted by atomic mass is 10.1. The molecule has 1 aromatic carbocycles. The fraction of sp³-hybridized carbons (Fsp3) is 0.176. The van der Waals surface area contributed by atoms with Gasteiger partial charge in [0, 0.05) is 17.0 Å². The van der Waals surface area contributed by atoms with Crippen LogP contribution in [0.25, 0.3) is 33.9 Å². The maximum atomic E-state index is 12.1. The number of thiophene rings is 1. The van der Waals surface area contributed by atoms with Crippen LogP contribution in [0.4, 0.5) is 0 Å². The van der Waals surface area contributed by atoms with Crippen molar-refractivity contribution in [3.63, 3.8) is 0 Å². The van der Waals surface area contributed by atoms with Crippen molar-refractivity contribution < 1.29 is 4.52 Å². The number of H-pyrrole nitrogens is 1. The van der Waals surface area contributed by atoms with Gasteiger partial charge < -0.3 is 9.51 Å². The van der Waals surface area contributed by atoms with Crippen LogP contribution in [0.3, 0.4) is 0 Å². The number of rotatable bonds is 3. The summed E-state index contributed by atoms with van der Waals surface area (Å²) in [4.78, 5) is 31.0. The molecule has 0 fully saturated rings. The third-order valence-corrected chi connectivity index (χ3v) is 4.57. The van der Waals surface area contributed by atoms with E-state index >= 15 is 0 Å². The maximum Gasteiger partial charge on any atom is 0.316 e. The van der Waals surface area contributed by atoms with Crippen LogP contribution in [0, 0.1) is 0 Å². The van der Waals surface area contributed by atoms with Crippen LogP contribution in [-0.4, -0.2) is 19.7 Å². The zero-order chi connectivity index (χ0) is 17.6. The van der Waals surface area contributed by atoms with Crippen molar-refractivity contribution in [1.29, 1.82) is 0 Å². The first kappa shape index (κ1) is 15.5. The normalized spacial score (nSPS) is 11.5. The largest absolute Gasteiger partial charge is 0.334 e. The highest BCUT2D eigenvalue weighted by atomic mass is 32.1. The second kappa shape index (κ2) is 5.82. The Kier molecular flexibility index (Phi) is 3.61. The quantitative estimate of drug-likeness (QED) is 0.571. The number of aromatic amines is 1. The number of nitrogens with zero attached hydrogens (tertiary/aromatic N) is 3. The highest BCUT2D eigenvalue weighted by molar-refractivity contribution is 7.08. The molecule has 0 aliphatic heterocycles. The van der Waals surface area contributed by atoms with E-state index in [9.17, 15) is 9.59 Å². The van der Waals surface area contributed by atoms with Crippen LogP contribution in [0.15, 0.2) is 49.1 Å². The molecule has 7 nitrogen and oxygen atoms in total. The Morgan fingerprint density at radius 2 is 2.04 bits per heavy atom. The maximum absolute atomic E-state index is 12.1. The van der Waals surface area contributed by atoms with Gasteiger partial charge in [0.15, 0.2) is 0 Å². The van der Waals surface area contributed by atoms with Gasteiger partial charge in [-0.1, -0.05) is 5.16 Å². The van der Waals surface area contributed by atoms with E-state index in [1.807, 2.05) is 30.7 Å². The topological polar surface area (TPSA) is 93.8 Å². The van der Waals surface area contributed by atoms with Crippen molar-refractivity contribution in [2.75, 3.05) is 0 Å². The number of aromatic nitrogens is 4. The van der Waals surface area contributed by atoms with Crippen LogP contribution in [0.2, 0.25) is 0 Å². The average Bonchev–Trinajstić information content (AvgIpc) is 3.26. The molecule has 0 unspecified atom stereocenters. The molecule has 0 radical (unpaired) electrons. The lowest BCUT2D eigenvalue weighted by molar-refractivity contribution is 0.432. The Labute approximate surface area is 145 Å². The number of benzene rings is 1. The highest BCUT2D eigenvalue weighted by Crippen LogP contribution is 2.25. The van der Waals surface area contributed by atoms with E-state index < -0.39 is 11.1 Å². The van der Waals surface area contributed by atoms with Gasteiger partial charge in [-0.25, -0.2) is 0 Å². The molecule has 0 amide bonds. The third-order valence-electron chi connectivity index (χ3n) is 3.89. The summed E-state index contributed by atoms with van der Waals surface area (Å²) in [7, 11) is 0. The summed E-state index contributed by atoms with van der Waals surface area (Å²) in [6.07, 6.45) is 0. The molecule has 8 heteroatoms. The van der Waals surface area contributed by atoms with E-state index in [1.54, 1.807) is 29.5 Å². The standard InChI is InChI=1S/C17H14N4O3S/c1-9(2)21-13-4-3-10(7-12(13)18-15(22)17(21)23)14-19-16(24-20-14)11-5-6-25-8-11/h3-9H,1-2H3,(H,18,22). The van der Waals surface area contributed by atoms with E-state index in [1.165, 1.54) is 4.57 Å². The fourth-order valence-electron chi connectivity index (χ4n) is 2.74. The van der Waals surface area contributed by atoms with E-state index in [4.69, 9.17) is 4.52 Å². The molecule has 0 atom stereocenters. The summed E-state index contributed by atoms with van der Waals surface area (Å²) < 4.78 is 6.78. The van der Waals surface area contributed by atoms with Crippen LogP contribution >= 0.6 is 11.3 Å². The Bertz CT molecular complexity index is 1170. The summed E-state index contributed by atoms with van der Waals surface area (Å²) in [5.74, 6) is 0.864. The molecule has 0 aliphatic carbocycles. The predicted molar refractivity (Wildman–Crippen MR) is 95.8 cm³/mol. The molecule has 0 aliphatic rings. The Hall–Kier alpha value is -3.00. The predicted octanol–water partition coefficient (Wildman–Crippen LogP) is 3.05. The van der Waals surface area contributed by atoms with Gasteiger partial charge >= 0.3 is 11.1 Å². The SMILES string of the molecule is CC(C)n1c(=O)c(=O)[nH]c2cc(-c3noc(-c4ccsc4)n3)ccc21. The zero-order valence-corrected chi connectivity index (χ0v) is 14.3. The van der Waals surface area contributed by atoms with Crippen molar-refractivity contribution in [2.24, 2.45) is 0 Å². The number of hydrogen-bond donors (Lipinski definition) is 1. The number of nitrogens with one attached hydrogen (secondary N) is 1. The van der Waals surface area contributed by atoms with Crippen molar-refractivity contribution in [1.82, 2.24) is 19.7 Å². The lowest BCUT2D eigenvalue weighted by Crippen LogP contribution is -2.37. The average molecular weight is 354 g/mol. The molecule has 4 aromatic rings. The van der Waals surface area contributed by atoms with E-state index in [0.29, 0.717) is 28.3 Å². The van der Waals surface area contributed by atoms with Crippen LogP contribution in [0.1, 0.15) is 19.9 Å². The molecule has 3 heterocycles. The Morgan fingerprint density at radius 1 is 1.20 bits per heavy atom. The van der Waals surface area contributed by atoms with Gasteiger partial charge in [0.2, 0.25) is 5.82 Å². The first-order valence-electron chi connectivity index (χ1n) is 7.70. The number of hydrogen-bond acceptors (Lipinski definition) is 6. The van der Waals surface area contributed by atoms with Gasteiger partial charge in [-0.15, -0.1) is 0 Å². The van der Waals surface area contributed by atoms with Gasteiger partial charge in [-0.3, -0.25) is 14.2 Å². The molecule has 0 saturated carbocycles. The zero-order valence-electron chi connectivity index (χ0n) is 13.5. The van der Waals surface area contributed by atoms with Gasteiger partial charge in [0.25, 0.3) is 5.89 Å². The van der Waals surface area contributed by atoms with Crippen LogP contribution in [0.5, 0.6) is 0 Å². The Balaban J connectivity index is 1.86. The molecule has 0 saturated heterocycles. The smallest absolute Gasteiger partial charge is 0.316 e. The van der Waals surface area contributed by atoms with Crippen molar-refractivity contribution in [3.8, 4) is 22.8 Å². The van der Waals surface area contributed by atoms with E-state index in [2.05, 4.69) is 15.1 Å². The molecule has 4 rings (SSSR count). The minimum absolute atomic E-state index is 0.126. The number of fused-ring (bicyclic) bond motifs is 1. The summed E-state index contributed by atoms with van der Waals surface area (Å²) in [6, 6.07) is 7.11. The lowest BCUT2D eigenvalue weighted by Gasteiger charge is -2.13. The monoisotopic (exact) mass is 354 g/mol. The molecule has 0 spiro atoms. The minimum atomic E-state index is -0.648. The first-order valence-corrected chi connectivity index (χ1v) is 8.64. The molecular weight excluding hydrogens is 340 g/mol. The molecule has 25 heavy (non-hydrogen) atoms. The van der Waals surface area contributed by atoms with E-state index in [-0.39, 0.29) is 6.04 Å². The third kappa shape index (κ3) is 2.60. The van der Waals surface area contributed by atoms with Gasteiger partial charge in [0.05, 0.1) is 16.6 Å². The molecule has 126 valence electrons. The molecular formula is C17H14N4O3S. The van der Waals surface area contributed by atoms with Crippen molar-refractivity contribution in [3.05, 3.63) is 55.7 Å². The fourth-order valence-corrected chi connectivity index (χ4v) is 3.37. The van der Waals surface area contributed by atoms with E-state index in [0.717, 1.165) is 5.56 Å². The summed E-state index contributed by atoms with van der Waals surface area (Å²) in [5, 5.41) is 7.87. The second-order valence-electron chi connectivity index (χ2n) is 5.89. The summed E-state index contributed by atoms with van der Waals surface area (Å²) in [5.41, 5.74) is 1.57. The Morgan fingerprint density at radius 3 is 2.76 bits per heavy atom. The molecule has 0 bridgehead atoms. The first-order chi connectivity index (χ1) is 12.0. The van der Waals surface area contributed by atoms with Gasteiger partial charge in [0.1, 0.15) is 0 Å². The molecule has 1 N–H and O–H groups in total. The minimum Gasteiger partial charge on any atom is -0.334 e. The summed E-state index contributed by atoms with van der Waals surface area (Å²) in [6.45, 7) is 3.72. The van der Waals surface area contributed by atoms with Crippen molar-refractivity contribution in [2.45, 2.75) is 19.9 Å². The van der Waals surface area contributed by atoms with Gasteiger partial charge in [-0.2, -0.15) is 16.3 Å². The van der Waals surface area contributed by atoms with Gasteiger partial charge in [-0.05, 0) is 43.5 Å². The summed E-state index contributed by atoms with van der Waals surface area (Å²) >= 11 is 1.55.